The van der Waals surface area contributed by atoms with Crippen LogP contribution in [0.2, 0.25) is 0 Å². The number of benzene rings is 1. The predicted octanol–water partition coefficient (Wildman–Crippen LogP) is 3.45. The van der Waals surface area contributed by atoms with Gasteiger partial charge in [-0.2, -0.15) is 0 Å². The minimum Gasteiger partial charge on any atom is -0.359 e. The van der Waals surface area contributed by atoms with E-state index < -0.39 is 5.41 Å². The van der Waals surface area contributed by atoms with E-state index in [9.17, 15) is 9.59 Å². The molecule has 1 atom stereocenters. The fraction of sp³-hybridized carbons (Fsp3) is 0.435. The first-order valence-electron chi connectivity index (χ1n) is 10.1. The molecule has 1 aliphatic heterocycles. The number of carbonyl (C=O) groups excluding carboxylic acids is 2. The van der Waals surface area contributed by atoms with Gasteiger partial charge in [-0.1, -0.05) is 31.2 Å². The second-order valence-electron chi connectivity index (χ2n) is 7.64. The smallest absolute Gasteiger partial charge is 0.228 e. The molecule has 1 N–H and O–H groups in total. The van der Waals surface area contributed by atoms with Gasteiger partial charge in [0.15, 0.2) is 0 Å². The number of nitrogens with one attached hydrogen (secondary N) is 1. The van der Waals surface area contributed by atoms with Crippen molar-refractivity contribution in [2.24, 2.45) is 5.41 Å². The molecule has 2 heterocycles. The van der Waals surface area contributed by atoms with Crippen molar-refractivity contribution in [1.82, 2.24) is 15.2 Å². The molecule has 28 heavy (non-hydrogen) atoms. The van der Waals surface area contributed by atoms with Crippen LogP contribution in [0.15, 0.2) is 48.8 Å². The van der Waals surface area contributed by atoms with E-state index in [4.69, 9.17) is 0 Å². The summed E-state index contributed by atoms with van der Waals surface area (Å²) in [5.74, 6) is 0.178. The van der Waals surface area contributed by atoms with Crippen LogP contribution in [-0.2, 0) is 16.0 Å². The summed E-state index contributed by atoms with van der Waals surface area (Å²) in [7, 11) is 1.68. The molecule has 1 aromatic heterocycles. The van der Waals surface area contributed by atoms with Crippen molar-refractivity contribution in [3.8, 4) is 11.1 Å². The second kappa shape index (κ2) is 9.00. The highest BCUT2D eigenvalue weighted by Crippen LogP contribution is 2.35. The Labute approximate surface area is 167 Å². The third-order valence-electron chi connectivity index (χ3n) is 5.59. The van der Waals surface area contributed by atoms with E-state index in [0.717, 1.165) is 42.5 Å². The number of piperidine rings is 1. The summed E-state index contributed by atoms with van der Waals surface area (Å²) < 4.78 is 0. The fourth-order valence-corrected chi connectivity index (χ4v) is 4.19. The third kappa shape index (κ3) is 4.41. The Morgan fingerprint density at radius 1 is 1.18 bits per heavy atom. The molecule has 1 aliphatic rings. The summed E-state index contributed by atoms with van der Waals surface area (Å²) in [6, 6.07) is 12.3. The molecule has 0 radical (unpaired) electrons. The first-order chi connectivity index (χ1) is 13.6. The number of rotatable bonds is 6. The molecule has 0 unspecified atom stereocenters. The minimum absolute atomic E-state index is 0.0239. The number of nitrogens with zero attached hydrogens (tertiary/aromatic N) is 2. The first-order valence-corrected chi connectivity index (χ1v) is 10.1. The number of pyridine rings is 1. The van der Waals surface area contributed by atoms with E-state index in [1.165, 1.54) is 0 Å². The molecule has 3 rings (SSSR count). The van der Waals surface area contributed by atoms with Gasteiger partial charge in [0.1, 0.15) is 0 Å². The molecule has 0 bridgehead atoms. The molecular weight excluding hydrogens is 350 g/mol. The van der Waals surface area contributed by atoms with Crippen molar-refractivity contribution in [2.75, 3.05) is 20.1 Å². The van der Waals surface area contributed by atoms with Gasteiger partial charge in [-0.15, -0.1) is 0 Å². The summed E-state index contributed by atoms with van der Waals surface area (Å²) in [4.78, 5) is 31.4. The van der Waals surface area contributed by atoms with Gasteiger partial charge in [0, 0.05) is 39.0 Å². The van der Waals surface area contributed by atoms with Crippen LogP contribution in [0.1, 0.15) is 38.2 Å². The molecule has 1 saturated heterocycles. The Balaban J connectivity index is 1.87. The van der Waals surface area contributed by atoms with Crippen molar-refractivity contribution in [3.05, 3.63) is 54.4 Å². The maximum absolute atomic E-state index is 12.9. The summed E-state index contributed by atoms with van der Waals surface area (Å²) in [6.45, 7) is 3.25. The van der Waals surface area contributed by atoms with Crippen LogP contribution < -0.4 is 5.32 Å². The van der Waals surface area contributed by atoms with Gasteiger partial charge >= 0.3 is 0 Å². The number of aromatic nitrogens is 1. The highest BCUT2D eigenvalue weighted by atomic mass is 16.2. The van der Waals surface area contributed by atoms with Gasteiger partial charge in [-0.3, -0.25) is 14.6 Å². The van der Waals surface area contributed by atoms with Gasteiger partial charge in [-0.05, 0) is 54.5 Å². The van der Waals surface area contributed by atoms with E-state index in [-0.39, 0.29) is 11.8 Å². The lowest BCUT2D eigenvalue weighted by Crippen LogP contribution is -2.53. The molecule has 0 saturated carbocycles. The quantitative estimate of drug-likeness (QED) is 0.836. The zero-order valence-corrected chi connectivity index (χ0v) is 16.8. The Morgan fingerprint density at radius 3 is 2.68 bits per heavy atom. The number of hydrogen-bond acceptors (Lipinski definition) is 3. The van der Waals surface area contributed by atoms with E-state index in [1.54, 1.807) is 19.4 Å². The third-order valence-corrected chi connectivity index (χ3v) is 5.59. The van der Waals surface area contributed by atoms with Gasteiger partial charge in [0.2, 0.25) is 11.8 Å². The second-order valence-corrected chi connectivity index (χ2v) is 7.64. The maximum Gasteiger partial charge on any atom is 0.228 e. The highest BCUT2D eigenvalue weighted by molar-refractivity contribution is 5.85. The van der Waals surface area contributed by atoms with Crippen LogP contribution in [0.4, 0.5) is 0 Å². The molecule has 5 heteroatoms. The zero-order chi connectivity index (χ0) is 20.0. The summed E-state index contributed by atoms with van der Waals surface area (Å²) in [5.41, 5.74) is 2.76. The highest BCUT2D eigenvalue weighted by Gasteiger charge is 2.42. The summed E-state index contributed by atoms with van der Waals surface area (Å²) in [6.07, 6.45) is 7.22. The molecule has 2 aromatic rings. The molecule has 2 amide bonds. The number of likely N-dealkylation sites (tertiary alicyclic amines) is 1. The standard InChI is InChI=1S/C23H29N3O2/c1-3-6-21(27)26-14-5-11-23(17-26,22(28)24-2)16-18-7-4-8-20(15-18)19-9-12-25-13-10-19/h4,7-10,12-13,15H,3,5-6,11,14,16-17H2,1-2H3,(H,24,28)/t23-/m0/s1. The lowest BCUT2D eigenvalue weighted by molar-refractivity contribution is -0.141. The van der Waals surface area contributed by atoms with Gasteiger partial charge in [0.05, 0.1) is 5.41 Å². The minimum atomic E-state index is -0.576. The van der Waals surface area contributed by atoms with Crippen molar-refractivity contribution < 1.29 is 9.59 Å². The number of amides is 2. The zero-order valence-electron chi connectivity index (χ0n) is 16.8. The van der Waals surface area contributed by atoms with Crippen LogP contribution in [0.3, 0.4) is 0 Å². The van der Waals surface area contributed by atoms with E-state index >= 15 is 0 Å². The number of carbonyl (C=O) groups is 2. The van der Waals surface area contributed by atoms with Gasteiger partial charge < -0.3 is 10.2 Å². The molecule has 0 spiro atoms. The molecule has 0 aliphatic carbocycles. The molecule has 5 nitrogen and oxygen atoms in total. The Bertz CT molecular complexity index is 822. The van der Waals surface area contributed by atoms with Crippen molar-refractivity contribution in [1.29, 1.82) is 0 Å². The lowest BCUT2D eigenvalue weighted by Gasteiger charge is -2.41. The number of hydrogen-bond donors (Lipinski definition) is 1. The average molecular weight is 380 g/mol. The molecule has 1 fully saturated rings. The van der Waals surface area contributed by atoms with E-state index in [2.05, 4.69) is 28.5 Å². The topological polar surface area (TPSA) is 62.3 Å². The molecule has 148 valence electrons. The Morgan fingerprint density at radius 2 is 1.96 bits per heavy atom. The predicted molar refractivity (Wildman–Crippen MR) is 111 cm³/mol. The van der Waals surface area contributed by atoms with Crippen molar-refractivity contribution >= 4 is 11.8 Å². The van der Waals surface area contributed by atoms with Crippen LogP contribution in [0, 0.1) is 5.41 Å². The normalized spacial score (nSPS) is 19.3. The van der Waals surface area contributed by atoms with Gasteiger partial charge in [0.25, 0.3) is 0 Å². The lowest BCUT2D eigenvalue weighted by atomic mass is 9.74. The van der Waals surface area contributed by atoms with E-state index in [0.29, 0.717) is 19.4 Å². The van der Waals surface area contributed by atoms with Crippen LogP contribution >= 0.6 is 0 Å². The maximum atomic E-state index is 12.9. The van der Waals surface area contributed by atoms with Crippen molar-refractivity contribution in [3.63, 3.8) is 0 Å². The molecular formula is C23H29N3O2. The molecule has 1 aromatic carbocycles. The monoisotopic (exact) mass is 379 g/mol. The van der Waals surface area contributed by atoms with Crippen molar-refractivity contribution in [2.45, 2.75) is 39.0 Å². The van der Waals surface area contributed by atoms with Crippen LogP contribution in [-0.4, -0.2) is 41.8 Å². The summed E-state index contributed by atoms with van der Waals surface area (Å²) in [5, 5.41) is 2.85. The summed E-state index contributed by atoms with van der Waals surface area (Å²) >= 11 is 0. The van der Waals surface area contributed by atoms with Crippen LogP contribution in [0.25, 0.3) is 11.1 Å². The first kappa shape index (κ1) is 20.1. The SMILES string of the molecule is CCCC(=O)N1CCC[C@@](Cc2cccc(-c3ccncc3)c2)(C(=O)NC)C1. The van der Waals surface area contributed by atoms with E-state index in [1.807, 2.05) is 30.0 Å². The largest absolute Gasteiger partial charge is 0.359 e. The Kier molecular flexibility index (Phi) is 6.45. The average Bonchev–Trinajstić information content (AvgIpc) is 2.74. The Hall–Kier alpha value is -2.69. The van der Waals surface area contributed by atoms with Gasteiger partial charge in [-0.25, -0.2) is 0 Å². The fourth-order valence-electron chi connectivity index (χ4n) is 4.19. The van der Waals surface area contributed by atoms with Crippen LogP contribution in [0.5, 0.6) is 0 Å².